The fourth-order valence-corrected chi connectivity index (χ4v) is 4.39. The van der Waals surface area contributed by atoms with Gasteiger partial charge in [0.2, 0.25) is 5.75 Å². The first kappa shape index (κ1) is 26.1. The Morgan fingerprint density at radius 1 is 1.03 bits per heavy atom. The number of ether oxygens (including phenoxy) is 1. The van der Waals surface area contributed by atoms with Gasteiger partial charge in [-0.05, 0) is 67.4 Å². The first-order valence-corrected chi connectivity index (χ1v) is 12.3. The van der Waals surface area contributed by atoms with E-state index in [1.54, 1.807) is 30.3 Å². The van der Waals surface area contributed by atoms with Crippen LogP contribution in [-0.4, -0.2) is 21.4 Å². The largest absolute Gasteiger partial charge is 0.493 e. The molecule has 10 heteroatoms. The second-order valence-electron chi connectivity index (χ2n) is 7.47. The highest BCUT2D eigenvalue weighted by Gasteiger charge is 2.22. The van der Waals surface area contributed by atoms with Crippen LogP contribution in [0.5, 0.6) is 11.5 Å². The Morgan fingerprint density at radius 3 is 2.31 bits per heavy atom. The van der Waals surface area contributed by atoms with Gasteiger partial charge in [-0.25, -0.2) is 0 Å². The third-order valence-corrected chi connectivity index (χ3v) is 6.78. The summed E-state index contributed by atoms with van der Waals surface area (Å²) in [4.78, 5) is 12.6. The number of anilines is 1. The number of halogens is 2. The van der Waals surface area contributed by atoms with E-state index >= 15 is 0 Å². The molecular weight excluding hydrogens is 511 g/mol. The van der Waals surface area contributed by atoms with Crippen molar-refractivity contribution in [2.24, 2.45) is 0 Å². The minimum Gasteiger partial charge on any atom is -0.493 e. The fourth-order valence-electron chi connectivity index (χ4n) is 2.95. The molecule has 0 saturated carbocycles. The molecule has 0 aliphatic carbocycles. The number of benzene rings is 3. The summed E-state index contributed by atoms with van der Waals surface area (Å²) in [5.41, 5.74) is 2.25. The van der Waals surface area contributed by atoms with Crippen LogP contribution in [-0.2, 0) is 14.9 Å². The van der Waals surface area contributed by atoms with Gasteiger partial charge < -0.3 is 14.2 Å². The number of methoxy groups -OCH3 is 1. The normalized spacial score (nSPS) is 11.5. The van der Waals surface area contributed by atoms with Gasteiger partial charge in [0, 0.05) is 10.7 Å². The Labute approximate surface area is 213 Å². The van der Waals surface area contributed by atoms with Crippen molar-refractivity contribution in [1.82, 2.24) is 0 Å². The maximum absolute atomic E-state index is 12.7. The van der Waals surface area contributed by atoms with Crippen LogP contribution < -0.4 is 14.2 Å². The van der Waals surface area contributed by atoms with E-state index in [-0.39, 0.29) is 27.0 Å². The maximum atomic E-state index is 12.7. The molecule has 3 rings (SSSR count). The topological polar surface area (TPSA) is 105 Å². The van der Waals surface area contributed by atoms with Gasteiger partial charge in [-0.1, -0.05) is 47.0 Å². The lowest BCUT2D eigenvalue weighted by atomic mass is 10.1. The Hall–Kier alpha value is -3.51. The summed E-state index contributed by atoms with van der Waals surface area (Å²) in [7, 11) is -2.88. The van der Waals surface area contributed by atoms with Gasteiger partial charge in [0.25, 0.3) is 5.91 Å². The summed E-state index contributed by atoms with van der Waals surface area (Å²) >= 11 is 12.4. The third-order valence-electron chi connectivity index (χ3n) is 4.86. The molecule has 0 aliphatic heterocycles. The van der Waals surface area contributed by atoms with Gasteiger partial charge in [-0.3, -0.25) is 4.79 Å². The highest BCUT2D eigenvalue weighted by Crippen LogP contribution is 2.39. The number of nitrogens with zero attached hydrogens (tertiary/aromatic N) is 1. The number of hydrogen-bond acceptors (Lipinski definition) is 6. The zero-order chi connectivity index (χ0) is 25.8. The number of rotatable bonds is 7. The van der Waals surface area contributed by atoms with Crippen LogP contribution in [0.15, 0.2) is 65.1 Å². The van der Waals surface area contributed by atoms with E-state index in [4.69, 9.17) is 32.1 Å². The van der Waals surface area contributed by atoms with Crippen molar-refractivity contribution in [1.29, 1.82) is 5.26 Å². The van der Waals surface area contributed by atoms with E-state index in [1.165, 1.54) is 37.5 Å². The van der Waals surface area contributed by atoms with Gasteiger partial charge >= 0.3 is 10.1 Å². The zero-order valence-corrected chi connectivity index (χ0v) is 21.3. The molecule has 0 aromatic heterocycles. The number of carbonyl (C=O) groups is 1. The first-order valence-electron chi connectivity index (χ1n) is 10.1. The Morgan fingerprint density at radius 2 is 1.71 bits per heavy atom. The molecule has 0 aliphatic rings. The van der Waals surface area contributed by atoms with Crippen molar-refractivity contribution < 1.29 is 22.1 Å². The first-order chi connectivity index (χ1) is 16.5. The smallest absolute Gasteiger partial charge is 0.339 e. The summed E-state index contributed by atoms with van der Waals surface area (Å²) in [6, 6.07) is 15.7. The van der Waals surface area contributed by atoms with Gasteiger partial charge in [0.1, 0.15) is 16.5 Å². The van der Waals surface area contributed by atoms with Crippen molar-refractivity contribution in [3.8, 4) is 17.6 Å². The lowest BCUT2D eigenvalue weighted by Crippen LogP contribution is -2.13. The molecule has 3 aromatic rings. The van der Waals surface area contributed by atoms with E-state index in [1.807, 2.05) is 19.9 Å². The summed E-state index contributed by atoms with van der Waals surface area (Å²) < 4.78 is 35.9. The van der Waals surface area contributed by atoms with E-state index in [0.717, 1.165) is 11.1 Å². The summed E-state index contributed by atoms with van der Waals surface area (Å²) in [5, 5.41) is 12.5. The molecule has 7 nitrogen and oxygen atoms in total. The fraction of sp³-hybridized carbons (Fsp3) is 0.120. The standard InChI is InChI=1S/C25H20Cl2N2O5S/c1-15-4-8-20(9-5-15)35(31,32)34-24-22(27)11-17(12-23(24)33-3)10-18(14-28)25(30)29-19-7-6-16(2)21(26)13-19/h4-13H,1-3H3,(H,29,30)/b18-10+. The summed E-state index contributed by atoms with van der Waals surface area (Å²) in [6.07, 6.45) is 1.29. The predicted octanol–water partition coefficient (Wildman–Crippen LogP) is 5.93. The molecular formula is C25H20Cl2N2O5S. The minimum atomic E-state index is -4.19. The minimum absolute atomic E-state index is 0.00227. The van der Waals surface area contributed by atoms with E-state index in [9.17, 15) is 18.5 Å². The average molecular weight is 531 g/mol. The van der Waals surface area contributed by atoms with Gasteiger partial charge in [0.15, 0.2) is 5.75 Å². The molecule has 0 radical (unpaired) electrons. The second kappa shape index (κ2) is 10.8. The highest BCUT2D eigenvalue weighted by molar-refractivity contribution is 7.87. The second-order valence-corrected chi connectivity index (χ2v) is 9.83. The lowest BCUT2D eigenvalue weighted by Gasteiger charge is -2.13. The lowest BCUT2D eigenvalue weighted by molar-refractivity contribution is -0.112. The zero-order valence-electron chi connectivity index (χ0n) is 18.9. The van der Waals surface area contributed by atoms with Gasteiger partial charge in [0.05, 0.1) is 12.1 Å². The molecule has 180 valence electrons. The van der Waals surface area contributed by atoms with E-state index in [2.05, 4.69) is 5.32 Å². The third kappa shape index (κ3) is 6.34. The van der Waals surface area contributed by atoms with Crippen LogP contribution in [0.3, 0.4) is 0 Å². The van der Waals surface area contributed by atoms with E-state index < -0.39 is 16.0 Å². The number of aryl methyl sites for hydroxylation is 2. The van der Waals surface area contributed by atoms with Crippen molar-refractivity contribution in [3.63, 3.8) is 0 Å². The molecule has 0 heterocycles. The van der Waals surface area contributed by atoms with Crippen LogP contribution >= 0.6 is 23.2 Å². The van der Waals surface area contributed by atoms with Crippen molar-refractivity contribution in [2.75, 3.05) is 12.4 Å². The Balaban J connectivity index is 1.90. The van der Waals surface area contributed by atoms with Gasteiger partial charge in [-0.2, -0.15) is 13.7 Å². The molecule has 1 N–H and O–H groups in total. The van der Waals surface area contributed by atoms with Crippen molar-refractivity contribution >= 4 is 51.0 Å². The van der Waals surface area contributed by atoms with Crippen molar-refractivity contribution in [3.05, 3.63) is 86.9 Å². The molecule has 0 saturated heterocycles. The van der Waals surface area contributed by atoms with Crippen LogP contribution in [0.2, 0.25) is 10.0 Å². The SMILES string of the molecule is COc1cc(/C=C(\C#N)C(=O)Nc2ccc(C)c(Cl)c2)cc(Cl)c1OS(=O)(=O)c1ccc(C)cc1. The molecule has 0 spiro atoms. The van der Waals surface area contributed by atoms with Crippen LogP contribution in [0.25, 0.3) is 6.08 Å². The Kier molecular flexibility index (Phi) is 8.07. The van der Waals surface area contributed by atoms with Crippen molar-refractivity contribution in [2.45, 2.75) is 18.7 Å². The molecule has 0 unspecified atom stereocenters. The maximum Gasteiger partial charge on any atom is 0.339 e. The molecule has 35 heavy (non-hydrogen) atoms. The molecule has 0 bridgehead atoms. The molecule has 3 aromatic carbocycles. The monoisotopic (exact) mass is 530 g/mol. The number of carbonyl (C=O) groups excluding carboxylic acids is 1. The molecule has 0 fully saturated rings. The van der Waals surface area contributed by atoms with Crippen LogP contribution in [0.4, 0.5) is 5.69 Å². The number of amides is 1. The summed E-state index contributed by atoms with van der Waals surface area (Å²) in [5.74, 6) is -0.878. The van der Waals surface area contributed by atoms with Crippen LogP contribution in [0, 0.1) is 25.2 Å². The number of nitriles is 1. The van der Waals surface area contributed by atoms with Gasteiger partial charge in [-0.15, -0.1) is 0 Å². The summed E-state index contributed by atoms with van der Waals surface area (Å²) in [6.45, 7) is 3.65. The van der Waals surface area contributed by atoms with E-state index in [0.29, 0.717) is 16.3 Å². The predicted molar refractivity (Wildman–Crippen MR) is 135 cm³/mol. The Bertz CT molecular complexity index is 1460. The molecule has 1 amide bonds. The quantitative estimate of drug-likeness (QED) is 0.230. The number of nitrogens with one attached hydrogen (secondary N) is 1. The molecule has 0 atom stereocenters. The van der Waals surface area contributed by atoms with Crippen LogP contribution in [0.1, 0.15) is 16.7 Å². The number of hydrogen-bond donors (Lipinski definition) is 1. The average Bonchev–Trinajstić information content (AvgIpc) is 2.81. The highest BCUT2D eigenvalue weighted by atomic mass is 35.5.